The molecule has 102 valence electrons. The average Bonchev–Trinajstić information content (AvgIpc) is 2.76. The van der Waals surface area contributed by atoms with E-state index in [0.717, 1.165) is 5.69 Å². The maximum atomic E-state index is 5.70. The van der Waals surface area contributed by atoms with Gasteiger partial charge < -0.3 is 10.3 Å². The standard InChI is InChI=1S/C12H17N5OS/c1-6(2)10-16-11(18-17-10)8(4)19-12-14-7(3)5-9(13)15-12/h5-6,8H,1-4H3,(H2,13,14,15)/t8-/m1/s1. The molecule has 1 atom stereocenters. The number of nitrogens with zero attached hydrogens (tertiary/aromatic N) is 4. The predicted octanol–water partition coefficient (Wildman–Crippen LogP) is 2.73. The minimum absolute atomic E-state index is 0.0128. The fraction of sp³-hybridized carbons (Fsp3) is 0.500. The normalized spacial score (nSPS) is 12.9. The van der Waals surface area contributed by atoms with E-state index in [1.807, 2.05) is 27.7 Å². The lowest BCUT2D eigenvalue weighted by Crippen LogP contribution is -1.98. The number of aromatic nitrogens is 4. The van der Waals surface area contributed by atoms with Gasteiger partial charge in [0.25, 0.3) is 0 Å². The highest BCUT2D eigenvalue weighted by molar-refractivity contribution is 7.99. The molecule has 2 aromatic heterocycles. The quantitative estimate of drug-likeness (QED) is 0.679. The smallest absolute Gasteiger partial charge is 0.239 e. The molecule has 0 spiro atoms. The van der Waals surface area contributed by atoms with Crippen LogP contribution in [-0.4, -0.2) is 20.1 Å². The number of rotatable bonds is 4. The fourth-order valence-electron chi connectivity index (χ4n) is 1.47. The Kier molecular flexibility index (Phi) is 4.04. The molecule has 0 aliphatic carbocycles. The number of aryl methyl sites for hydroxylation is 1. The van der Waals surface area contributed by atoms with Crippen LogP contribution in [0.15, 0.2) is 15.7 Å². The second kappa shape index (κ2) is 5.56. The highest BCUT2D eigenvalue weighted by Gasteiger charge is 2.18. The first-order chi connectivity index (χ1) is 8.95. The van der Waals surface area contributed by atoms with E-state index in [9.17, 15) is 0 Å². The summed E-state index contributed by atoms with van der Waals surface area (Å²) in [6, 6.07) is 1.73. The summed E-state index contributed by atoms with van der Waals surface area (Å²) in [7, 11) is 0. The van der Waals surface area contributed by atoms with Gasteiger partial charge in [0.15, 0.2) is 11.0 Å². The molecule has 0 bridgehead atoms. The van der Waals surface area contributed by atoms with Crippen LogP contribution >= 0.6 is 11.8 Å². The monoisotopic (exact) mass is 279 g/mol. The van der Waals surface area contributed by atoms with Gasteiger partial charge in [-0.2, -0.15) is 4.98 Å². The predicted molar refractivity (Wildman–Crippen MR) is 73.8 cm³/mol. The van der Waals surface area contributed by atoms with Crippen molar-refractivity contribution in [3.05, 3.63) is 23.5 Å². The minimum Gasteiger partial charge on any atom is -0.384 e. The zero-order valence-corrected chi connectivity index (χ0v) is 12.2. The van der Waals surface area contributed by atoms with Gasteiger partial charge in [-0.05, 0) is 13.8 Å². The first kappa shape index (κ1) is 13.8. The molecule has 6 nitrogen and oxygen atoms in total. The lowest BCUT2D eigenvalue weighted by atomic mass is 10.2. The van der Waals surface area contributed by atoms with Gasteiger partial charge in [0.05, 0.1) is 5.25 Å². The Bertz CT molecular complexity index is 549. The third-order valence-electron chi connectivity index (χ3n) is 2.46. The van der Waals surface area contributed by atoms with Gasteiger partial charge >= 0.3 is 0 Å². The minimum atomic E-state index is -0.0128. The number of nitrogen functional groups attached to an aromatic ring is 1. The van der Waals surface area contributed by atoms with Crippen LogP contribution in [0.4, 0.5) is 5.82 Å². The van der Waals surface area contributed by atoms with Gasteiger partial charge in [0.2, 0.25) is 5.89 Å². The molecule has 0 radical (unpaired) electrons. The molecule has 7 heteroatoms. The van der Waals surface area contributed by atoms with Crippen LogP contribution < -0.4 is 5.73 Å². The molecule has 0 aliphatic heterocycles. The molecule has 2 rings (SSSR count). The van der Waals surface area contributed by atoms with Crippen molar-refractivity contribution in [2.75, 3.05) is 5.73 Å². The maximum absolute atomic E-state index is 5.70. The Morgan fingerprint density at radius 1 is 1.21 bits per heavy atom. The van der Waals surface area contributed by atoms with E-state index in [4.69, 9.17) is 10.3 Å². The molecule has 0 aliphatic rings. The van der Waals surface area contributed by atoms with Crippen molar-refractivity contribution in [3.8, 4) is 0 Å². The highest BCUT2D eigenvalue weighted by atomic mass is 32.2. The first-order valence-electron chi connectivity index (χ1n) is 6.07. The third kappa shape index (κ3) is 3.44. The summed E-state index contributed by atoms with van der Waals surface area (Å²) in [6.07, 6.45) is 0. The van der Waals surface area contributed by atoms with Crippen molar-refractivity contribution in [2.24, 2.45) is 0 Å². The van der Waals surface area contributed by atoms with E-state index in [2.05, 4.69) is 20.1 Å². The third-order valence-corrected chi connectivity index (χ3v) is 3.41. The van der Waals surface area contributed by atoms with Crippen molar-refractivity contribution in [2.45, 2.75) is 44.0 Å². The molecular formula is C12H17N5OS. The SMILES string of the molecule is Cc1cc(N)nc(S[C@H](C)c2nc(C(C)C)no2)n1. The van der Waals surface area contributed by atoms with E-state index in [-0.39, 0.29) is 11.2 Å². The molecule has 0 aromatic carbocycles. The second-order valence-electron chi connectivity index (χ2n) is 4.62. The highest BCUT2D eigenvalue weighted by Crippen LogP contribution is 2.32. The summed E-state index contributed by atoms with van der Waals surface area (Å²) in [6.45, 7) is 7.91. The Morgan fingerprint density at radius 2 is 1.95 bits per heavy atom. The first-order valence-corrected chi connectivity index (χ1v) is 6.95. The van der Waals surface area contributed by atoms with Crippen LogP contribution in [0, 0.1) is 6.92 Å². The van der Waals surface area contributed by atoms with E-state index < -0.39 is 0 Å². The van der Waals surface area contributed by atoms with Crippen LogP contribution in [0.5, 0.6) is 0 Å². The van der Waals surface area contributed by atoms with Crippen molar-refractivity contribution in [3.63, 3.8) is 0 Å². The second-order valence-corrected chi connectivity index (χ2v) is 5.93. The molecule has 19 heavy (non-hydrogen) atoms. The molecule has 2 aromatic rings. The van der Waals surface area contributed by atoms with Crippen LogP contribution in [0.1, 0.15) is 49.3 Å². The summed E-state index contributed by atoms with van der Waals surface area (Å²) in [4.78, 5) is 12.9. The van der Waals surface area contributed by atoms with Gasteiger partial charge in [0, 0.05) is 17.7 Å². The molecule has 0 saturated carbocycles. The van der Waals surface area contributed by atoms with Crippen molar-refractivity contribution < 1.29 is 4.52 Å². The Morgan fingerprint density at radius 3 is 2.53 bits per heavy atom. The van der Waals surface area contributed by atoms with E-state index in [1.165, 1.54) is 11.8 Å². The number of nitrogens with two attached hydrogens (primary N) is 1. The number of hydrogen-bond acceptors (Lipinski definition) is 7. The number of anilines is 1. The van der Waals surface area contributed by atoms with E-state index in [1.54, 1.807) is 6.07 Å². The molecule has 0 fully saturated rings. The molecule has 0 unspecified atom stereocenters. The number of hydrogen-bond donors (Lipinski definition) is 1. The summed E-state index contributed by atoms with van der Waals surface area (Å²) >= 11 is 1.45. The van der Waals surface area contributed by atoms with Gasteiger partial charge in [0.1, 0.15) is 5.82 Å². The van der Waals surface area contributed by atoms with Gasteiger partial charge in [-0.25, -0.2) is 9.97 Å². The van der Waals surface area contributed by atoms with Crippen LogP contribution in [0.25, 0.3) is 0 Å². The van der Waals surface area contributed by atoms with E-state index >= 15 is 0 Å². The molecule has 2 heterocycles. The Labute approximate surface area is 116 Å². The Hall–Kier alpha value is -1.63. The van der Waals surface area contributed by atoms with Gasteiger partial charge in [-0.15, -0.1) is 0 Å². The van der Waals surface area contributed by atoms with Gasteiger partial charge in [-0.1, -0.05) is 30.8 Å². The van der Waals surface area contributed by atoms with Crippen LogP contribution in [0.3, 0.4) is 0 Å². The fourth-order valence-corrected chi connectivity index (χ4v) is 2.34. The summed E-state index contributed by atoms with van der Waals surface area (Å²) < 4.78 is 5.25. The van der Waals surface area contributed by atoms with Crippen molar-refractivity contribution >= 4 is 17.6 Å². The van der Waals surface area contributed by atoms with Crippen molar-refractivity contribution in [1.82, 2.24) is 20.1 Å². The van der Waals surface area contributed by atoms with Gasteiger partial charge in [-0.3, -0.25) is 0 Å². The zero-order valence-electron chi connectivity index (χ0n) is 11.4. The molecule has 0 amide bonds. The lowest BCUT2D eigenvalue weighted by molar-refractivity contribution is 0.373. The molecular weight excluding hydrogens is 262 g/mol. The summed E-state index contributed by atoms with van der Waals surface area (Å²) in [5.74, 6) is 2.01. The average molecular weight is 279 g/mol. The zero-order chi connectivity index (χ0) is 14.0. The molecule has 0 saturated heterocycles. The summed E-state index contributed by atoms with van der Waals surface area (Å²) in [5.41, 5.74) is 6.54. The van der Waals surface area contributed by atoms with E-state index in [0.29, 0.717) is 22.7 Å². The largest absolute Gasteiger partial charge is 0.384 e. The lowest BCUT2D eigenvalue weighted by Gasteiger charge is -2.06. The molecule has 2 N–H and O–H groups in total. The van der Waals surface area contributed by atoms with Crippen LogP contribution in [0.2, 0.25) is 0 Å². The van der Waals surface area contributed by atoms with Crippen LogP contribution in [-0.2, 0) is 0 Å². The number of thioether (sulfide) groups is 1. The topological polar surface area (TPSA) is 90.7 Å². The maximum Gasteiger partial charge on any atom is 0.239 e. The van der Waals surface area contributed by atoms with Crippen molar-refractivity contribution in [1.29, 1.82) is 0 Å². The Balaban J connectivity index is 2.13. The summed E-state index contributed by atoms with van der Waals surface area (Å²) in [5, 5.41) is 4.56.